The van der Waals surface area contributed by atoms with E-state index in [-0.39, 0.29) is 10.2 Å². The van der Waals surface area contributed by atoms with Gasteiger partial charge < -0.3 is 10.1 Å². The molecule has 0 aliphatic heterocycles. The zero-order valence-corrected chi connectivity index (χ0v) is 21.3. The minimum Gasteiger partial charge on any atom is -0.481 e. The predicted molar refractivity (Wildman–Crippen MR) is 137 cm³/mol. The van der Waals surface area contributed by atoms with Crippen molar-refractivity contribution in [3.05, 3.63) is 36.0 Å². The highest BCUT2D eigenvalue weighted by atomic mass is 79.9. The molecule has 0 radical (unpaired) electrons. The Morgan fingerprint density at radius 1 is 1.00 bits per heavy atom. The molecule has 0 saturated heterocycles. The Labute approximate surface area is 201 Å². The Balaban J connectivity index is 1.66. The number of unbranched alkanes of at least 4 members (excludes halogenated alkanes) is 10. The van der Waals surface area contributed by atoms with Gasteiger partial charge in [-0.2, -0.15) is 0 Å². The average molecular weight is 513 g/mol. The Bertz CT molecular complexity index is 763. The van der Waals surface area contributed by atoms with Gasteiger partial charge in [0, 0.05) is 27.3 Å². The van der Waals surface area contributed by atoms with Gasteiger partial charge in [-0.3, -0.25) is 4.79 Å². The first-order chi connectivity index (χ1) is 15.0. The van der Waals surface area contributed by atoms with Crippen LogP contribution in [0.15, 0.2) is 30.5 Å². The molecular weight excluding hydrogens is 474 g/mol. The largest absolute Gasteiger partial charge is 0.481 e. The van der Waals surface area contributed by atoms with Gasteiger partial charge in [0.25, 0.3) is 0 Å². The van der Waals surface area contributed by atoms with Gasteiger partial charge in [-0.25, -0.2) is 0 Å². The Morgan fingerprint density at radius 3 is 2.19 bits per heavy atom. The van der Waals surface area contributed by atoms with E-state index in [4.69, 9.17) is 11.6 Å². The molecule has 174 valence electrons. The average Bonchev–Trinajstić information content (AvgIpc) is 3.19. The van der Waals surface area contributed by atoms with Gasteiger partial charge in [-0.1, -0.05) is 112 Å². The van der Waals surface area contributed by atoms with E-state index in [0.717, 1.165) is 29.3 Å². The third-order valence-electron chi connectivity index (χ3n) is 6.23. The SMILES string of the molecule is CCCCCCCCCCCCCC(Br)C(Cl)CC(C(=O)O)c1c[nH]c2ccccc12. The highest BCUT2D eigenvalue weighted by molar-refractivity contribution is 9.09. The molecule has 0 bridgehead atoms. The molecule has 3 atom stereocenters. The summed E-state index contributed by atoms with van der Waals surface area (Å²) in [6.07, 6.45) is 17.8. The number of alkyl halides is 2. The van der Waals surface area contributed by atoms with Crippen LogP contribution >= 0.6 is 27.5 Å². The number of hydrogen-bond acceptors (Lipinski definition) is 1. The minimum atomic E-state index is -0.815. The molecule has 5 heteroatoms. The van der Waals surface area contributed by atoms with E-state index < -0.39 is 11.9 Å². The quantitative estimate of drug-likeness (QED) is 0.164. The van der Waals surface area contributed by atoms with Gasteiger partial charge in [0.15, 0.2) is 0 Å². The summed E-state index contributed by atoms with van der Waals surface area (Å²) in [4.78, 5) is 15.3. The van der Waals surface area contributed by atoms with Crippen molar-refractivity contribution in [1.29, 1.82) is 0 Å². The van der Waals surface area contributed by atoms with Crippen molar-refractivity contribution in [2.24, 2.45) is 0 Å². The lowest BCUT2D eigenvalue weighted by Crippen LogP contribution is -2.22. The third kappa shape index (κ3) is 9.18. The number of nitrogens with one attached hydrogen (secondary N) is 1. The van der Waals surface area contributed by atoms with Crippen molar-refractivity contribution in [1.82, 2.24) is 4.98 Å². The van der Waals surface area contributed by atoms with Crippen LogP contribution in [0.3, 0.4) is 0 Å². The summed E-state index contributed by atoms with van der Waals surface area (Å²) in [7, 11) is 0. The topological polar surface area (TPSA) is 53.1 Å². The smallest absolute Gasteiger partial charge is 0.311 e. The Kier molecular flexibility index (Phi) is 12.7. The number of halogens is 2. The number of carboxylic acid groups (broad SMARTS) is 1. The van der Waals surface area contributed by atoms with Crippen molar-refractivity contribution in [2.45, 2.75) is 107 Å². The van der Waals surface area contributed by atoms with E-state index in [9.17, 15) is 9.90 Å². The number of aliphatic carboxylic acids is 1. The van der Waals surface area contributed by atoms with Crippen molar-refractivity contribution >= 4 is 44.4 Å². The van der Waals surface area contributed by atoms with Gasteiger partial charge in [0.2, 0.25) is 0 Å². The van der Waals surface area contributed by atoms with E-state index in [1.165, 1.54) is 64.2 Å². The van der Waals surface area contributed by atoms with Gasteiger partial charge in [-0.05, 0) is 24.5 Å². The van der Waals surface area contributed by atoms with E-state index in [0.29, 0.717) is 6.42 Å². The number of aromatic amines is 1. The first-order valence-electron chi connectivity index (χ1n) is 12.1. The van der Waals surface area contributed by atoms with Gasteiger partial charge in [-0.15, -0.1) is 11.6 Å². The second-order valence-electron chi connectivity index (χ2n) is 8.77. The summed E-state index contributed by atoms with van der Waals surface area (Å²) in [5.41, 5.74) is 1.79. The lowest BCUT2D eigenvalue weighted by atomic mass is 9.92. The minimum absolute atomic E-state index is 0.139. The fourth-order valence-corrected chi connectivity index (χ4v) is 5.14. The van der Waals surface area contributed by atoms with Gasteiger partial charge in [0.1, 0.15) is 0 Å². The normalized spacial score (nSPS) is 14.5. The fraction of sp³-hybridized carbons (Fsp3) is 0.654. The third-order valence-corrected chi connectivity index (χ3v) is 8.11. The number of benzene rings is 1. The summed E-state index contributed by atoms with van der Waals surface area (Å²) in [6, 6.07) is 7.83. The molecule has 0 aliphatic carbocycles. The van der Waals surface area contributed by atoms with Crippen molar-refractivity contribution < 1.29 is 9.90 Å². The number of carbonyl (C=O) groups is 1. The van der Waals surface area contributed by atoms with Crippen LogP contribution in [0.4, 0.5) is 0 Å². The summed E-state index contributed by atoms with van der Waals surface area (Å²) in [6.45, 7) is 2.26. The molecule has 3 nitrogen and oxygen atoms in total. The van der Waals surface area contributed by atoms with Crippen molar-refractivity contribution in [2.75, 3.05) is 0 Å². The Morgan fingerprint density at radius 2 is 1.58 bits per heavy atom. The number of fused-ring (bicyclic) bond motifs is 1. The molecule has 3 unspecified atom stereocenters. The molecule has 0 aliphatic rings. The number of para-hydroxylation sites is 1. The number of carboxylic acids is 1. The highest BCUT2D eigenvalue weighted by Crippen LogP contribution is 2.33. The van der Waals surface area contributed by atoms with Crippen LogP contribution in [0, 0.1) is 0 Å². The molecule has 0 amide bonds. The second kappa shape index (κ2) is 14.9. The summed E-state index contributed by atoms with van der Waals surface area (Å²) in [5.74, 6) is -1.42. The van der Waals surface area contributed by atoms with E-state index in [2.05, 4.69) is 27.8 Å². The van der Waals surface area contributed by atoms with Crippen molar-refractivity contribution in [3.8, 4) is 0 Å². The molecule has 2 rings (SSSR count). The molecule has 0 fully saturated rings. The van der Waals surface area contributed by atoms with Crippen LogP contribution in [-0.2, 0) is 4.79 Å². The molecule has 1 heterocycles. The number of rotatable bonds is 17. The predicted octanol–water partition coefficient (Wildman–Crippen LogP) is 8.80. The van der Waals surface area contributed by atoms with Crippen LogP contribution in [-0.4, -0.2) is 26.3 Å². The molecule has 1 aromatic carbocycles. The van der Waals surface area contributed by atoms with E-state index in [1.54, 1.807) is 0 Å². The van der Waals surface area contributed by atoms with Crippen LogP contribution in [0.2, 0.25) is 0 Å². The van der Waals surface area contributed by atoms with Crippen LogP contribution in [0.25, 0.3) is 10.9 Å². The van der Waals surface area contributed by atoms with Crippen molar-refractivity contribution in [3.63, 3.8) is 0 Å². The number of hydrogen-bond donors (Lipinski definition) is 2. The molecular formula is C26H39BrClNO2. The first-order valence-corrected chi connectivity index (χ1v) is 13.5. The van der Waals surface area contributed by atoms with Crippen LogP contribution in [0.1, 0.15) is 102 Å². The molecule has 31 heavy (non-hydrogen) atoms. The maximum Gasteiger partial charge on any atom is 0.311 e. The standard InChI is InChI=1S/C26H39BrClNO2/c1-2-3-4-5-6-7-8-9-10-11-12-16-23(27)24(28)18-21(26(30)31)22-19-29-25-17-14-13-15-20(22)25/h13-15,17,19,21,23-24,29H,2-12,16,18H2,1H3,(H,30,31). The number of H-pyrrole nitrogens is 1. The maximum absolute atomic E-state index is 12.0. The summed E-state index contributed by atoms with van der Waals surface area (Å²) in [5, 5.41) is 10.6. The zero-order valence-electron chi connectivity index (χ0n) is 18.9. The molecule has 1 aromatic heterocycles. The maximum atomic E-state index is 12.0. The zero-order chi connectivity index (χ0) is 22.5. The van der Waals surface area contributed by atoms with Crippen LogP contribution in [0.5, 0.6) is 0 Å². The lowest BCUT2D eigenvalue weighted by Gasteiger charge is -2.20. The van der Waals surface area contributed by atoms with Crippen LogP contribution < -0.4 is 0 Å². The van der Waals surface area contributed by atoms with Gasteiger partial charge in [0.05, 0.1) is 5.92 Å². The van der Waals surface area contributed by atoms with E-state index in [1.807, 2.05) is 30.5 Å². The summed E-state index contributed by atoms with van der Waals surface area (Å²) < 4.78 is 0. The fourth-order valence-electron chi connectivity index (χ4n) is 4.30. The van der Waals surface area contributed by atoms with Gasteiger partial charge >= 0.3 is 5.97 Å². The molecule has 2 N–H and O–H groups in total. The molecule has 0 saturated carbocycles. The molecule has 2 aromatic rings. The summed E-state index contributed by atoms with van der Waals surface area (Å²) >= 11 is 10.4. The lowest BCUT2D eigenvalue weighted by molar-refractivity contribution is -0.138. The highest BCUT2D eigenvalue weighted by Gasteiger charge is 2.28. The second-order valence-corrected chi connectivity index (χ2v) is 10.5. The number of aromatic nitrogens is 1. The first kappa shape index (κ1) is 26.3. The Hall–Kier alpha value is -1.00. The van der Waals surface area contributed by atoms with E-state index >= 15 is 0 Å². The monoisotopic (exact) mass is 511 g/mol. The molecule has 0 spiro atoms.